The minimum atomic E-state index is -0.838. The van der Waals surface area contributed by atoms with Crippen molar-refractivity contribution in [1.82, 2.24) is 0 Å². The molecule has 0 saturated carbocycles. The van der Waals surface area contributed by atoms with Gasteiger partial charge in [-0.25, -0.2) is 4.39 Å². The van der Waals surface area contributed by atoms with Gasteiger partial charge in [-0.2, -0.15) is 0 Å². The Labute approximate surface area is 112 Å². The molecule has 0 aliphatic rings. The highest BCUT2D eigenvalue weighted by atomic mass is 19.1. The smallest absolute Gasteiger partial charge is 0.125 e. The molecule has 0 spiro atoms. The van der Waals surface area contributed by atoms with Crippen LogP contribution in [0.3, 0.4) is 0 Å². The van der Waals surface area contributed by atoms with Crippen LogP contribution >= 0.6 is 0 Å². The van der Waals surface area contributed by atoms with Crippen molar-refractivity contribution in [3.63, 3.8) is 0 Å². The molecule has 0 aliphatic carbocycles. The molecular formula is C14H21FO4. The summed E-state index contributed by atoms with van der Waals surface area (Å²) in [7, 11) is 0. The average Bonchev–Trinajstić information content (AvgIpc) is 2.34. The zero-order valence-electron chi connectivity index (χ0n) is 11.5. The molecule has 108 valence electrons. The number of rotatable bonds is 7. The van der Waals surface area contributed by atoms with Crippen molar-refractivity contribution in [3.8, 4) is 5.75 Å². The Kier molecular flexibility index (Phi) is 6.21. The largest absolute Gasteiger partial charge is 0.490 e. The number of ether oxygens (including phenoxy) is 2. The van der Waals surface area contributed by atoms with Gasteiger partial charge in [0, 0.05) is 5.56 Å². The van der Waals surface area contributed by atoms with Gasteiger partial charge in [-0.15, -0.1) is 0 Å². The Balaban J connectivity index is 2.57. The first-order valence-electron chi connectivity index (χ1n) is 6.30. The van der Waals surface area contributed by atoms with E-state index in [9.17, 15) is 14.6 Å². The number of hydrogen-bond acceptors (Lipinski definition) is 4. The molecule has 2 atom stereocenters. The summed E-state index contributed by atoms with van der Waals surface area (Å²) in [6, 6.07) is 3.91. The normalized spacial score (nSPS) is 14.5. The lowest BCUT2D eigenvalue weighted by Gasteiger charge is -2.17. The van der Waals surface area contributed by atoms with Crippen LogP contribution in [-0.4, -0.2) is 35.6 Å². The van der Waals surface area contributed by atoms with Crippen LogP contribution in [0.2, 0.25) is 0 Å². The molecule has 0 radical (unpaired) electrons. The van der Waals surface area contributed by atoms with Gasteiger partial charge in [0.1, 0.15) is 24.3 Å². The topological polar surface area (TPSA) is 58.9 Å². The molecule has 19 heavy (non-hydrogen) atoms. The van der Waals surface area contributed by atoms with Gasteiger partial charge in [0.2, 0.25) is 0 Å². The number of benzene rings is 1. The second-order valence-electron chi connectivity index (χ2n) is 4.71. The predicted molar refractivity (Wildman–Crippen MR) is 69.6 cm³/mol. The molecule has 0 aromatic heterocycles. The van der Waals surface area contributed by atoms with Gasteiger partial charge in [-0.05, 0) is 39.0 Å². The lowest BCUT2D eigenvalue weighted by molar-refractivity contribution is -0.0126. The molecule has 0 aliphatic heterocycles. The summed E-state index contributed by atoms with van der Waals surface area (Å²) in [5.74, 6) is -0.0769. The molecule has 1 unspecified atom stereocenters. The van der Waals surface area contributed by atoms with E-state index in [-0.39, 0.29) is 19.3 Å². The molecule has 0 bridgehead atoms. The van der Waals surface area contributed by atoms with E-state index >= 15 is 0 Å². The SMILES string of the molecule is CC(C)OCC(O)COc1ccc(F)cc1[C@@H](C)O. The Hall–Kier alpha value is -1.17. The molecule has 0 fully saturated rings. The van der Waals surface area contributed by atoms with Crippen molar-refractivity contribution >= 4 is 0 Å². The number of aliphatic hydroxyl groups excluding tert-OH is 2. The van der Waals surface area contributed by atoms with Crippen LogP contribution in [0, 0.1) is 5.82 Å². The second kappa shape index (κ2) is 7.43. The van der Waals surface area contributed by atoms with E-state index in [0.717, 1.165) is 0 Å². The van der Waals surface area contributed by atoms with E-state index < -0.39 is 18.0 Å². The molecule has 0 amide bonds. The fraction of sp³-hybridized carbons (Fsp3) is 0.571. The molecule has 0 saturated heterocycles. The first-order valence-corrected chi connectivity index (χ1v) is 6.30. The zero-order valence-corrected chi connectivity index (χ0v) is 11.5. The fourth-order valence-corrected chi connectivity index (χ4v) is 1.51. The highest BCUT2D eigenvalue weighted by Crippen LogP contribution is 2.26. The van der Waals surface area contributed by atoms with Crippen LogP contribution in [0.4, 0.5) is 4.39 Å². The zero-order chi connectivity index (χ0) is 14.4. The van der Waals surface area contributed by atoms with Crippen LogP contribution in [0.15, 0.2) is 18.2 Å². The monoisotopic (exact) mass is 272 g/mol. The summed E-state index contributed by atoms with van der Waals surface area (Å²) in [5.41, 5.74) is 0.358. The maximum atomic E-state index is 13.1. The lowest BCUT2D eigenvalue weighted by atomic mass is 10.1. The number of aliphatic hydroxyl groups is 2. The fourth-order valence-electron chi connectivity index (χ4n) is 1.51. The average molecular weight is 272 g/mol. The molecular weight excluding hydrogens is 251 g/mol. The van der Waals surface area contributed by atoms with Gasteiger partial charge in [0.25, 0.3) is 0 Å². The Morgan fingerprint density at radius 3 is 2.42 bits per heavy atom. The van der Waals surface area contributed by atoms with E-state index in [1.807, 2.05) is 13.8 Å². The summed E-state index contributed by atoms with van der Waals surface area (Å²) >= 11 is 0. The first-order chi connectivity index (χ1) is 8.90. The molecule has 4 nitrogen and oxygen atoms in total. The maximum Gasteiger partial charge on any atom is 0.125 e. The lowest BCUT2D eigenvalue weighted by Crippen LogP contribution is -2.25. The third-order valence-corrected chi connectivity index (χ3v) is 2.48. The van der Waals surface area contributed by atoms with Crippen LogP contribution in [0.1, 0.15) is 32.4 Å². The molecule has 0 heterocycles. The number of halogens is 1. The molecule has 5 heteroatoms. The predicted octanol–water partition coefficient (Wildman–Crippen LogP) is 2.04. The highest BCUT2D eigenvalue weighted by Gasteiger charge is 2.13. The summed E-state index contributed by atoms with van der Waals surface area (Å²) in [5, 5.41) is 19.2. The van der Waals surface area contributed by atoms with Crippen LogP contribution in [0.5, 0.6) is 5.75 Å². The number of hydrogen-bond donors (Lipinski definition) is 2. The van der Waals surface area contributed by atoms with Crippen molar-refractivity contribution in [2.75, 3.05) is 13.2 Å². The Bertz CT molecular complexity index is 393. The Morgan fingerprint density at radius 1 is 1.16 bits per heavy atom. The standard InChI is InChI=1S/C14H21FO4/c1-9(2)18-7-12(17)8-19-14-5-4-11(15)6-13(14)10(3)16/h4-6,9-10,12,16-17H,7-8H2,1-3H3/t10-,12?/m1/s1. The molecule has 1 aromatic carbocycles. The van der Waals surface area contributed by atoms with Crippen molar-refractivity contribution < 1.29 is 24.1 Å². The van der Waals surface area contributed by atoms with Crippen LogP contribution in [-0.2, 0) is 4.74 Å². The van der Waals surface area contributed by atoms with Gasteiger partial charge in [0.15, 0.2) is 0 Å². The van der Waals surface area contributed by atoms with Gasteiger partial charge >= 0.3 is 0 Å². The third kappa shape index (κ3) is 5.55. The van der Waals surface area contributed by atoms with Crippen LogP contribution in [0.25, 0.3) is 0 Å². The minimum Gasteiger partial charge on any atom is -0.490 e. The van der Waals surface area contributed by atoms with Crippen molar-refractivity contribution in [2.24, 2.45) is 0 Å². The molecule has 1 aromatic rings. The Morgan fingerprint density at radius 2 is 1.84 bits per heavy atom. The molecule has 2 N–H and O–H groups in total. The quantitative estimate of drug-likeness (QED) is 0.797. The molecule has 1 rings (SSSR count). The third-order valence-electron chi connectivity index (χ3n) is 2.48. The second-order valence-corrected chi connectivity index (χ2v) is 4.71. The summed E-state index contributed by atoms with van der Waals surface area (Å²) in [6.45, 7) is 5.47. The summed E-state index contributed by atoms with van der Waals surface area (Å²) < 4.78 is 23.7. The van der Waals surface area contributed by atoms with E-state index in [1.165, 1.54) is 25.1 Å². The van der Waals surface area contributed by atoms with E-state index in [4.69, 9.17) is 9.47 Å². The van der Waals surface area contributed by atoms with Crippen LogP contribution < -0.4 is 4.74 Å². The first kappa shape index (κ1) is 15.9. The highest BCUT2D eigenvalue weighted by molar-refractivity contribution is 5.35. The van der Waals surface area contributed by atoms with Crippen molar-refractivity contribution in [3.05, 3.63) is 29.6 Å². The van der Waals surface area contributed by atoms with Gasteiger partial charge in [0.05, 0.1) is 18.8 Å². The van der Waals surface area contributed by atoms with Gasteiger partial charge in [-0.1, -0.05) is 0 Å². The van der Waals surface area contributed by atoms with E-state index in [0.29, 0.717) is 11.3 Å². The van der Waals surface area contributed by atoms with Gasteiger partial charge < -0.3 is 19.7 Å². The van der Waals surface area contributed by atoms with Gasteiger partial charge in [-0.3, -0.25) is 0 Å². The maximum absolute atomic E-state index is 13.1. The van der Waals surface area contributed by atoms with E-state index in [2.05, 4.69) is 0 Å². The minimum absolute atomic E-state index is 0.0259. The van der Waals surface area contributed by atoms with Crippen molar-refractivity contribution in [1.29, 1.82) is 0 Å². The van der Waals surface area contributed by atoms with Crippen molar-refractivity contribution in [2.45, 2.75) is 39.1 Å². The van der Waals surface area contributed by atoms with E-state index in [1.54, 1.807) is 0 Å². The summed E-state index contributed by atoms with van der Waals surface area (Å²) in [4.78, 5) is 0. The summed E-state index contributed by atoms with van der Waals surface area (Å²) in [6.07, 6.45) is -1.57.